The fraction of sp³-hybridized carbons (Fsp3) is 0.143. The van der Waals surface area contributed by atoms with Crippen molar-refractivity contribution in [3.05, 3.63) is 118 Å². The van der Waals surface area contributed by atoms with E-state index in [0.717, 1.165) is 23.6 Å². The summed E-state index contributed by atoms with van der Waals surface area (Å²) in [5.41, 5.74) is 2.80. The molecule has 0 spiro atoms. The number of fused-ring (bicyclic) bond motifs is 1. The van der Waals surface area contributed by atoms with Crippen molar-refractivity contribution in [2.45, 2.75) is 26.2 Å². The molecule has 0 N–H and O–H groups in total. The predicted molar refractivity (Wildman–Crippen MR) is 119 cm³/mol. The maximum atomic E-state index is 14.5. The molecule has 0 aromatic heterocycles. The quantitative estimate of drug-likeness (QED) is 0.174. The molecule has 0 aliphatic rings. The average Bonchev–Trinajstić information content (AvgIpc) is 2.81. The summed E-state index contributed by atoms with van der Waals surface area (Å²) < 4.78 is 69.4. The first-order valence-electron chi connectivity index (χ1n) is 10.5. The Morgan fingerprint density at radius 2 is 1.39 bits per heavy atom. The summed E-state index contributed by atoms with van der Waals surface area (Å²) in [6, 6.07) is 14.9. The van der Waals surface area contributed by atoms with E-state index in [0.29, 0.717) is 24.0 Å². The summed E-state index contributed by atoms with van der Waals surface area (Å²) in [5, 5.41) is 0.101. The smallest absolute Gasteiger partial charge is 0.195 e. The fourth-order valence-corrected chi connectivity index (χ4v) is 3.63. The molecule has 0 atom stereocenters. The molecule has 0 unspecified atom stereocenters. The molecule has 0 saturated carbocycles. The van der Waals surface area contributed by atoms with Crippen LogP contribution in [0.15, 0.2) is 60.7 Å². The van der Waals surface area contributed by atoms with E-state index in [9.17, 15) is 22.0 Å². The van der Waals surface area contributed by atoms with E-state index in [2.05, 4.69) is 11.8 Å². The number of aryl methyl sites for hydroxylation is 3. The van der Waals surface area contributed by atoms with Crippen molar-refractivity contribution in [1.82, 2.24) is 0 Å². The van der Waals surface area contributed by atoms with Gasteiger partial charge in [-0.2, -0.15) is 0 Å². The van der Waals surface area contributed by atoms with Gasteiger partial charge in [-0.15, -0.1) is 0 Å². The van der Waals surface area contributed by atoms with Gasteiger partial charge in [0.25, 0.3) is 0 Å². The van der Waals surface area contributed by atoms with Crippen LogP contribution in [0.5, 0.6) is 0 Å². The molecule has 0 aliphatic heterocycles. The summed E-state index contributed by atoms with van der Waals surface area (Å²) in [4.78, 5) is 0. The molecule has 0 bridgehead atoms. The zero-order chi connectivity index (χ0) is 23.5. The summed E-state index contributed by atoms with van der Waals surface area (Å²) in [5.74, 6) is 0.644. The fourth-order valence-electron chi connectivity index (χ4n) is 3.63. The van der Waals surface area contributed by atoms with Crippen molar-refractivity contribution in [3.63, 3.8) is 0 Å². The Morgan fingerprint density at radius 3 is 2.12 bits per heavy atom. The maximum Gasteiger partial charge on any atom is 0.195 e. The van der Waals surface area contributed by atoms with Gasteiger partial charge in [0.2, 0.25) is 0 Å². The lowest BCUT2D eigenvalue weighted by atomic mass is 10.0. The van der Waals surface area contributed by atoms with Crippen molar-refractivity contribution in [2.24, 2.45) is 0 Å². The van der Waals surface area contributed by atoms with Crippen LogP contribution in [-0.4, -0.2) is 0 Å². The predicted octanol–water partition coefficient (Wildman–Crippen LogP) is 7.28. The van der Waals surface area contributed by atoms with Crippen LogP contribution >= 0.6 is 0 Å². The Bertz CT molecular complexity index is 1410. The van der Waals surface area contributed by atoms with Gasteiger partial charge >= 0.3 is 0 Å². The number of halogens is 5. The minimum atomic E-state index is -1.52. The molecular formula is C28H19F5. The highest BCUT2D eigenvalue weighted by molar-refractivity contribution is 5.84. The summed E-state index contributed by atoms with van der Waals surface area (Å²) >= 11 is 0. The lowest BCUT2D eigenvalue weighted by Crippen LogP contribution is -1.97. The zero-order valence-corrected chi connectivity index (χ0v) is 17.8. The molecule has 33 heavy (non-hydrogen) atoms. The summed E-state index contributed by atoms with van der Waals surface area (Å²) in [6.45, 7) is 1.96. The molecular weight excluding hydrogens is 431 g/mol. The Balaban J connectivity index is 1.51. The van der Waals surface area contributed by atoms with Gasteiger partial charge in [-0.05, 0) is 77.7 Å². The molecule has 5 heteroatoms. The molecule has 166 valence electrons. The molecule has 4 aromatic carbocycles. The molecule has 0 nitrogen and oxygen atoms in total. The maximum absolute atomic E-state index is 14.5. The third-order valence-electron chi connectivity index (χ3n) is 5.56. The SMILES string of the molecule is CCc1ccc(CCc2ccc(C#Cc3ccc4c(F)c(F)c(F)cc4c3)c(F)c2)c(F)c1. The van der Waals surface area contributed by atoms with Crippen LogP contribution in [-0.2, 0) is 19.3 Å². The van der Waals surface area contributed by atoms with Crippen molar-refractivity contribution in [3.8, 4) is 11.8 Å². The first-order chi connectivity index (χ1) is 15.9. The highest BCUT2D eigenvalue weighted by Crippen LogP contribution is 2.24. The van der Waals surface area contributed by atoms with Crippen molar-refractivity contribution in [1.29, 1.82) is 0 Å². The second-order valence-electron chi connectivity index (χ2n) is 7.77. The normalized spacial score (nSPS) is 10.8. The van der Waals surface area contributed by atoms with E-state index in [1.54, 1.807) is 18.2 Å². The standard InChI is InChI=1S/C28H19F5/c1-2-17-3-8-20(24(29)14-17)10-5-19-6-11-21(25(30)15-19)9-4-18-7-12-23-22(13-18)16-26(31)28(33)27(23)32/h3,6-8,11-16H,2,5,10H2,1H3. The van der Waals surface area contributed by atoms with Crippen molar-refractivity contribution < 1.29 is 22.0 Å². The Hall–Kier alpha value is -3.65. The molecule has 4 aromatic rings. The van der Waals surface area contributed by atoms with Crippen molar-refractivity contribution >= 4 is 10.8 Å². The van der Waals surface area contributed by atoms with Gasteiger partial charge in [-0.1, -0.05) is 43.0 Å². The van der Waals surface area contributed by atoms with Crippen LogP contribution in [0.1, 0.15) is 34.7 Å². The monoisotopic (exact) mass is 450 g/mol. The number of hydrogen-bond acceptors (Lipinski definition) is 0. The third kappa shape index (κ3) is 4.90. The third-order valence-corrected chi connectivity index (χ3v) is 5.56. The van der Waals surface area contributed by atoms with Crippen LogP contribution < -0.4 is 0 Å². The van der Waals surface area contributed by atoms with Gasteiger partial charge in [0.1, 0.15) is 11.6 Å². The molecule has 0 fully saturated rings. The van der Waals surface area contributed by atoms with Gasteiger partial charge in [-0.3, -0.25) is 0 Å². The molecule has 0 amide bonds. The Kier molecular flexibility index (Phi) is 6.46. The van der Waals surface area contributed by atoms with Gasteiger partial charge in [0.15, 0.2) is 17.5 Å². The van der Waals surface area contributed by atoms with Crippen LogP contribution in [0, 0.1) is 40.9 Å². The lowest BCUT2D eigenvalue weighted by Gasteiger charge is -2.06. The Labute approximate surface area is 188 Å². The second kappa shape index (κ2) is 9.46. The van der Waals surface area contributed by atoms with E-state index >= 15 is 0 Å². The minimum Gasteiger partial charge on any atom is -0.207 e. The molecule has 0 aliphatic carbocycles. The van der Waals surface area contributed by atoms with Gasteiger partial charge in [0, 0.05) is 10.9 Å². The van der Waals surface area contributed by atoms with Gasteiger partial charge in [0.05, 0.1) is 5.56 Å². The first kappa shape index (κ1) is 22.5. The summed E-state index contributed by atoms with van der Waals surface area (Å²) in [6.07, 6.45) is 1.69. The highest BCUT2D eigenvalue weighted by atomic mass is 19.2. The number of hydrogen-bond donors (Lipinski definition) is 0. The van der Waals surface area contributed by atoms with Gasteiger partial charge in [-0.25, -0.2) is 22.0 Å². The second-order valence-corrected chi connectivity index (χ2v) is 7.77. The lowest BCUT2D eigenvalue weighted by molar-refractivity contribution is 0.453. The van der Waals surface area contributed by atoms with E-state index in [1.807, 2.05) is 13.0 Å². The largest absolute Gasteiger partial charge is 0.207 e. The molecule has 0 saturated heterocycles. The van der Waals surface area contributed by atoms with E-state index in [-0.39, 0.29) is 22.2 Å². The average molecular weight is 450 g/mol. The number of benzene rings is 4. The molecule has 0 heterocycles. The van der Waals surface area contributed by atoms with Crippen LogP contribution in [0.2, 0.25) is 0 Å². The van der Waals surface area contributed by atoms with Crippen molar-refractivity contribution in [2.75, 3.05) is 0 Å². The number of rotatable bonds is 4. The van der Waals surface area contributed by atoms with E-state index < -0.39 is 23.3 Å². The molecule has 4 rings (SSSR count). The Morgan fingerprint density at radius 1 is 0.636 bits per heavy atom. The first-order valence-corrected chi connectivity index (χ1v) is 10.5. The zero-order valence-electron chi connectivity index (χ0n) is 17.8. The van der Waals surface area contributed by atoms with Crippen LogP contribution in [0.3, 0.4) is 0 Å². The topological polar surface area (TPSA) is 0 Å². The van der Waals surface area contributed by atoms with E-state index in [1.165, 1.54) is 30.3 Å². The van der Waals surface area contributed by atoms with E-state index in [4.69, 9.17) is 0 Å². The summed E-state index contributed by atoms with van der Waals surface area (Å²) in [7, 11) is 0. The van der Waals surface area contributed by atoms with Crippen LogP contribution in [0.25, 0.3) is 10.8 Å². The minimum absolute atomic E-state index is 0.0595. The highest BCUT2D eigenvalue weighted by Gasteiger charge is 2.13. The molecule has 0 radical (unpaired) electrons. The van der Waals surface area contributed by atoms with Crippen LogP contribution in [0.4, 0.5) is 22.0 Å². The van der Waals surface area contributed by atoms with Gasteiger partial charge < -0.3 is 0 Å².